The van der Waals surface area contributed by atoms with E-state index in [1.807, 2.05) is 48.1 Å². The third-order valence-corrected chi connectivity index (χ3v) is 3.64. The first-order chi connectivity index (χ1) is 10.3. The summed E-state index contributed by atoms with van der Waals surface area (Å²) in [6.45, 7) is 2.03. The smallest absolute Gasteiger partial charge is 0.163 e. The van der Waals surface area contributed by atoms with Crippen LogP contribution < -0.4 is 0 Å². The van der Waals surface area contributed by atoms with Gasteiger partial charge in [0.1, 0.15) is 0 Å². The highest BCUT2D eigenvalue weighted by atomic mass is 15.3. The van der Waals surface area contributed by atoms with Gasteiger partial charge in [-0.15, -0.1) is 0 Å². The van der Waals surface area contributed by atoms with Crippen molar-refractivity contribution in [2.45, 2.75) is 6.92 Å². The highest BCUT2D eigenvalue weighted by Crippen LogP contribution is 2.26. The SMILES string of the molecule is Cc1c(-c2ccn[nH]2)cnc2c(-c3ccccc3)cnn12. The monoisotopic (exact) mass is 275 g/mol. The van der Waals surface area contributed by atoms with Crippen LogP contribution in [0.25, 0.3) is 28.0 Å². The number of rotatable bonds is 2. The maximum absolute atomic E-state index is 4.59. The second-order valence-electron chi connectivity index (χ2n) is 4.89. The van der Waals surface area contributed by atoms with Gasteiger partial charge in [-0.2, -0.15) is 10.2 Å². The van der Waals surface area contributed by atoms with Gasteiger partial charge in [-0.25, -0.2) is 9.50 Å². The largest absolute Gasteiger partial charge is 0.278 e. The highest BCUT2D eigenvalue weighted by molar-refractivity contribution is 5.78. The number of hydrogen-bond donors (Lipinski definition) is 1. The molecule has 5 nitrogen and oxygen atoms in total. The average molecular weight is 275 g/mol. The number of fused-ring (bicyclic) bond motifs is 1. The van der Waals surface area contributed by atoms with Crippen molar-refractivity contribution in [3.05, 3.63) is 60.7 Å². The number of hydrogen-bond acceptors (Lipinski definition) is 3. The van der Waals surface area contributed by atoms with Gasteiger partial charge in [0.05, 0.1) is 17.6 Å². The second kappa shape index (κ2) is 4.56. The summed E-state index contributed by atoms with van der Waals surface area (Å²) in [6, 6.07) is 12.1. The Labute approximate surface area is 121 Å². The molecule has 4 rings (SSSR count). The molecule has 0 fully saturated rings. The highest BCUT2D eigenvalue weighted by Gasteiger charge is 2.13. The Bertz CT molecular complexity index is 891. The van der Waals surface area contributed by atoms with Crippen molar-refractivity contribution in [3.8, 4) is 22.4 Å². The molecule has 3 aromatic heterocycles. The van der Waals surface area contributed by atoms with Crippen LogP contribution >= 0.6 is 0 Å². The zero-order chi connectivity index (χ0) is 14.2. The van der Waals surface area contributed by atoms with E-state index in [4.69, 9.17) is 0 Å². The van der Waals surface area contributed by atoms with Gasteiger partial charge in [0.15, 0.2) is 5.65 Å². The molecule has 0 saturated heterocycles. The molecule has 0 unspecified atom stereocenters. The van der Waals surface area contributed by atoms with E-state index in [0.29, 0.717) is 0 Å². The Morgan fingerprint density at radius 2 is 1.86 bits per heavy atom. The number of aromatic amines is 1. The van der Waals surface area contributed by atoms with E-state index >= 15 is 0 Å². The Morgan fingerprint density at radius 1 is 1.00 bits per heavy atom. The number of aromatic nitrogens is 5. The van der Waals surface area contributed by atoms with E-state index in [9.17, 15) is 0 Å². The Balaban J connectivity index is 1.94. The fourth-order valence-corrected chi connectivity index (χ4v) is 2.54. The predicted octanol–water partition coefficient (Wildman–Crippen LogP) is 3.09. The normalized spacial score (nSPS) is 11.1. The lowest BCUT2D eigenvalue weighted by Gasteiger charge is -2.06. The average Bonchev–Trinajstić information content (AvgIpc) is 3.18. The topological polar surface area (TPSA) is 58.9 Å². The van der Waals surface area contributed by atoms with Gasteiger partial charge in [0.25, 0.3) is 0 Å². The van der Waals surface area contributed by atoms with Gasteiger partial charge in [0.2, 0.25) is 0 Å². The summed E-state index contributed by atoms with van der Waals surface area (Å²) in [5, 5.41) is 11.4. The second-order valence-corrected chi connectivity index (χ2v) is 4.89. The minimum atomic E-state index is 0.863. The number of nitrogens with one attached hydrogen (secondary N) is 1. The van der Waals surface area contributed by atoms with E-state index in [2.05, 4.69) is 32.4 Å². The van der Waals surface area contributed by atoms with Crippen molar-refractivity contribution in [2.24, 2.45) is 0 Å². The number of benzene rings is 1. The molecule has 1 N–H and O–H groups in total. The van der Waals surface area contributed by atoms with Crippen LogP contribution in [-0.4, -0.2) is 24.8 Å². The fourth-order valence-electron chi connectivity index (χ4n) is 2.54. The van der Waals surface area contributed by atoms with Crippen molar-refractivity contribution in [3.63, 3.8) is 0 Å². The first kappa shape index (κ1) is 11.8. The van der Waals surface area contributed by atoms with Crippen LogP contribution in [0.2, 0.25) is 0 Å². The summed E-state index contributed by atoms with van der Waals surface area (Å²) in [4.78, 5) is 4.59. The van der Waals surface area contributed by atoms with Crippen LogP contribution in [0.5, 0.6) is 0 Å². The summed E-state index contributed by atoms with van der Waals surface area (Å²) in [5.74, 6) is 0. The van der Waals surface area contributed by atoms with Crippen LogP contribution in [0.1, 0.15) is 5.69 Å². The number of H-pyrrole nitrogens is 1. The quantitative estimate of drug-likeness (QED) is 0.611. The molecule has 3 heterocycles. The molecule has 0 aliphatic heterocycles. The molecular formula is C16H13N5. The summed E-state index contributed by atoms with van der Waals surface area (Å²) >= 11 is 0. The van der Waals surface area contributed by atoms with Crippen molar-refractivity contribution in [2.75, 3.05) is 0 Å². The molecule has 5 heteroatoms. The van der Waals surface area contributed by atoms with E-state index in [1.165, 1.54) is 0 Å². The summed E-state index contributed by atoms with van der Waals surface area (Å²) in [6.07, 6.45) is 5.46. The number of nitrogens with zero attached hydrogens (tertiary/aromatic N) is 4. The molecule has 0 aliphatic carbocycles. The van der Waals surface area contributed by atoms with Crippen LogP contribution in [0.4, 0.5) is 0 Å². The lowest BCUT2D eigenvalue weighted by atomic mass is 10.1. The molecule has 4 aromatic rings. The van der Waals surface area contributed by atoms with E-state index in [0.717, 1.165) is 33.7 Å². The van der Waals surface area contributed by atoms with Crippen molar-refractivity contribution in [1.29, 1.82) is 0 Å². The van der Waals surface area contributed by atoms with Gasteiger partial charge in [-0.1, -0.05) is 30.3 Å². The predicted molar refractivity (Wildman–Crippen MR) is 80.7 cm³/mol. The first-order valence-electron chi connectivity index (χ1n) is 6.73. The van der Waals surface area contributed by atoms with Crippen LogP contribution in [0, 0.1) is 6.92 Å². The molecule has 0 spiro atoms. The van der Waals surface area contributed by atoms with Crippen molar-refractivity contribution >= 4 is 5.65 Å². The molecular weight excluding hydrogens is 262 g/mol. The minimum absolute atomic E-state index is 0.863. The zero-order valence-corrected chi connectivity index (χ0v) is 11.5. The standard InChI is InChI=1S/C16H13N5/c1-11-13(15-7-8-18-20-15)9-17-16-14(10-19-21(11)16)12-5-3-2-4-6-12/h2-10H,1H3,(H,18,20). The Morgan fingerprint density at radius 3 is 2.62 bits per heavy atom. The minimum Gasteiger partial charge on any atom is -0.278 e. The third kappa shape index (κ3) is 1.82. The maximum Gasteiger partial charge on any atom is 0.163 e. The number of aryl methyl sites for hydroxylation is 1. The molecule has 0 saturated carbocycles. The molecule has 1 aromatic carbocycles. The maximum atomic E-state index is 4.59. The summed E-state index contributed by atoms with van der Waals surface area (Å²) in [5.41, 5.74) is 6.00. The van der Waals surface area contributed by atoms with E-state index in [1.54, 1.807) is 6.20 Å². The molecule has 0 atom stereocenters. The summed E-state index contributed by atoms with van der Waals surface area (Å²) < 4.78 is 1.87. The van der Waals surface area contributed by atoms with Crippen LogP contribution in [-0.2, 0) is 0 Å². The van der Waals surface area contributed by atoms with Gasteiger partial charge < -0.3 is 0 Å². The summed E-state index contributed by atoms with van der Waals surface area (Å²) in [7, 11) is 0. The van der Waals surface area contributed by atoms with Gasteiger partial charge >= 0.3 is 0 Å². The molecule has 0 radical (unpaired) electrons. The van der Waals surface area contributed by atoms with Crippen molar-refractivity contribution in [1.82, 2.24) is 24.8 Å². The van der Waals surface area contributed by atoms with Crippen molar-refractivity contribution < 1.29 is 0 Å². The van der Waals surface area contributed by atoms with Crippen LogP contribution in [0.15, 0.2) is 55.0 Å². The molecule has 0 aliphatic rings. The Hall–Kier alpha value is -2.95. The van der Waals surface area contributed by atoms with Gasteiger partial charge in [0, 0.05) is 23.5 Å². The lowest BCUT2D eigenvalue weighted by molar-refractivity contribution is 0.895. The molecule has 102 valence electrons. The van der Waals surface area contributed by atoms with Gasteiger partial charge in [-0.3, -0.25) is 5.10 Å². The third-order valence-electron chi connectivity index (χ3n) is 3.64. The zero-order valence-electron chi connectivity index (χ0n) is 11.5. The molecule has 0 amide bonds. The molecule has 21 heavy (non-hydrogen) atoms. The first-order valence-corrected chi connectivity index (χ1v) is 6.73. The fraction of sp³-hybridized carbons (Fsp3) is 0.0625. The van der Waals surface area contributed by atoms with Gasteiger partial charge in [-0.05, 0) is 18.6 Å². The lowest BCUT2D eigenvalue weighted by Crippen LogP contribution is -1.99. The van der Waals surface area contributed by atoms with Crippen LogP contribution in [0.3, 0.4) is 0 Å². The van der Waals surface area contributed by atoms with E-state index < -0.39 is 0 Å². The van der Waals surface area contributed by atoms with E-state index in [-0.39, 0.29) is 0 Å². The molecule has 0 bridgehead atoms. The Kier molecular flexibility index (Phi) is 2.57.